The molecular weight excluding hydrogens is 634 g/mol. The van der Waals surface area contributed by atoms with E-state index in [-0.39, 0.29) is 23.3 Å². The molecule has 0 heterocycles. The number of carboxylic acid groups (broad SMARTS) is 1. The summed E-state index contributed by atoms with van der Waals surface area (Å²) in [5.74, 6) is -1.56. The Kier molecular flexibility index (Phi) is 16.1. The van der Waals surface area contributed by atoms with Gasteiger partial charge in [0.1, 0.15) is 0 Å². The number of hydrogen-bond donors (Lipinski definition) is 7. The van der Waals surface area contributed by atoms with Gasteiger partial charge in [-0.15, -0.1) is 0 Å². The molecule has 0 aliphatic carbocycles. The highest BCUT2D eigenvalue weighted by Gasteiger charge is 2.08. The summed E-state index contributed by atoms with van der Waals surface area (Å²) in [6.07, 6.45) is 0. The fourth-order valence-electron chi connectivity index (χ4n) is 3.85. The standard InChI is InChI=1S/C15H15N3O2.C9H9NO3.C8H11N.C6H8N2/c1-10(19)17-12-8-6-11(7-9-12)15(20)18-14-5-3-2-4-13(14)16;1-6(11)10-8-4-2-7(3-5-8)9(12)13;1-9(2)8-6-4-3-5-7-8;7-5-3-1-2-4-6(5)8/h2-9H,16H2,1H3,(H,17,19)(H,18,20);2-5H,1H3,(H,10,11)(H,12,13);3-7H,1-2H3;1-4H,7-8H2. The molecule has 0 unspecified atom stereocenters. The molecule has 0 bridgehead atoms. The van der Waals surface area contributed by atoms with Gasteiger partial charge >= 0.3 is 5.97 Å². The summed E-state index contributed by atoms with van der Waals surface area (Å²) in [6, 6.07) is 37.2. The molecular formula is C38H43N7O5. The zero-order chi connectivity index (χ0) is 37.1. The topological polar surface area (TPSA) is 206 Å². The second kappa shape index (κ2) is 20.4. The van der Waals surface area contributed by atoms with Crippen LogP contribution >= 0.6 is 0 Å². The Morgan fingerprint density at radius 3 is 1.28 bits per heavy atom. The van der Waals surface area contributed by atoms with E-state index in [0.29, 0.717) is 39.7 Å². The smallest absolute Gasteiger partial charge is 0.335 e. The molecule has 12 heteroatoms. The average Bonchev–Trinajstić information content (AvgIpc) is 3.08. The summed E-state index contributed by atoms with van der Waals surface area (Å²) in [4.78, 5) is 46.1. The largest absolute Gasteiger partial charge is 0.478 e. The number of nitrogen functional groups attached to an aromatic ring is 3. The molecule has 0 aliphatic rings. The summed E-state index contributed by atoms with van der Waals surface area (Å²) in [5, 5.41) is 16.5. The van der Waals surface area contributed by atoms with E-state index in [1.54, 1.807) is 72.8 Å². The van der Waals surface area contributed by atoms with Gasteiger partial charge in [-0.25, -0.2) is 4.79 Å². The fraction of sp³-hybridized carbons (Fsp3) is 0.105. The molecule has 0 aliphatic heterocycles. The van der Waals surface area contributed by atoms with Crippen LogP contribution in [0, 0.1) is 0 Å². The first-order valence-corrected chi connectivity index (χ1v) is 15.2. The van der Waals surface area contributed by atoms with Crippen molar-refractivity contribution in [3.05, 3.63) is 139 Å². The van der Waals surface area contributed by atoms with Crippen LogP contribution in [0.5, 0.6) is 0 Å². The lowest BCUT2D eigenvalue weighted by Gasteiger charge is -2.10. The number of carboxylic acids is 1. The van der Waals surface area contributed by atoms with Gasteiger partial charge in [0.25, 0.3) is 5.91 Å². The van der Waals surface area contributed by atoms with Crippen molar-refractivity contribution in [3.63, 3.8) is 0 Å². The Bertz CT molecular complexity index is 1810. The van der Waals surface area contributed by atoms with Crippen LogP contribution in [0.2, 0.25) is 0 Å². The third-order valence-corrected chi connectivity index (χ3v) is 6.40. The lowest BCUT2D eigenvalue weighted by molar-refractivity contribution is -0.115. The number of nitrogens with zero attached hydrogens (tertiary/aromatic N) is 1. The van der Waals surface area contributed by atoms with Crippen molar-refractivity contribution in [2.24, 2.45) is 0 Å². The number of hydrogen-bond acceptors (Lipinski definition) is 8. The van der Waals surface area contributed by atoms with Gasteiger partial charge in [0.15, 0.2) is 0 Å². The second-order valence-electron chi connectivity index (χ2n) is 10.7. The van der Waals surface area contributed by atoms with Gasteiger partial charge in [0.2, 0.25) is 11.8 Å². The number of aromatic carboxylic acids is 1. The highest BCUT2D eigenvalue weighted by atomic mass is 16.4. The zero-order valence-electron chi connectivity index (χ0n) is 28.4. The minimum absolute atomic E-state index is 0.153. The summed E-state index contributed by atoms with van der Waals surface area (Å²) in [7, 11) is 4.07. The fourth-order valence-corrected chi connectivity index (χ4v) is 3.85. The lowest BCUT2D eigenvalue weighted by Crippen LogP contribution is -2.13. The number of rotatable bonds is 6. The quantitative estimate of drug-likeness (QED) is 0.0988. The molecule has 0 saturated heterocycles. The van der Waals surface area contributed by atoms with E-state index in [1.807, 2.05) is 44.4 Å². The van der Waals surface area contributed by atoms with Gasteiger partial charge in [0, 0.05) is 50.6 Å². The average molecular weight is 678 g/mol. The first-order valence-electron chi connectivity index (χ1n) is 15.2. The van der Waals surface area contributed by atoms with Gasteiger partial charge < -0.3 is 43.2 Å². The highest BCUT2D eigenvalue weighted by molar-refractivity contribution is 6.06. The minimum Gasteiger partial charge on any atom is -0.478 e. The van der Waals surface area contributed by atoms with Crippen LogP contribution in [0.1, 0.15) is 34.6 Å². The molecule has 0 atom stereocenters. The Morgan fingerprint density at radius 1 is 0.520 bits per heavy atom. The van der Waals surface area contributed by atoms with Crippen molar-refractivity contribution in [1.82, 2.24) is 0 Å². The van der Waals surface area contributed by atoms with E-state index in [4.69, 9.17) is 22.3 Å². The number of benzene rings is 5. The number of nitrogens with two attached hydrogens (primary N) is 3. The van der Waals surface area contributed by atoms with Crippen molar-refractivity contribution in [1.29, 1.82) is 0 Å². The number of para-hydroxylation sites is 5. The molecule has 12 nitrogen and oxygen atoms in total. The van der Waals surface area contributed by atoms with Crippen molar-refractivity contribution in [2.75, 3.05) is 52.1 Å². The maximum absolute atomic E-state index is 12.0. The third kappa shape index (κ3) is 14.7. The van der Waals surface area contributed by atoms with E-state index in [9.17, 15) is 19.2 Å². The SMILES string of the molecule is CC(=O)Nc1ccc(C(=O)Nc2ccccc2N)cc1.CC(=O)Nc1ccc(C(=O)O)cc1.CN(C)c1ccccc1.Nc1ccccc1N. The molecule has 3 amide bonds. The molecule has 5 aromatic carbocycles. The van der Waals surface area contributed by atoms with Crippen LogP contribution in [0.15, 0.2) is 127 Å². The van der Waals surface area contributed by atoms with Crippen LogP contribution in [0.25, 0.3) is 0 Å². The Labute approximate surface area is 291 Å². The van der Waals surface area contributed by atoms with E-state index in [0.717, 1.165) is 0 Å². The van der Waals surface area contributed by atoms with Crippen LogP contribution < -0.4 is 38.1 Å². The zero-order valence-corrected chi connectivity index (χ0v) is 28.4. The van der Waals surface area contributed by atoms with Gasteiger partial charge in [-0.05, 0) is 84.9 Å². The van der Waals surface area contributed by atoms with Crippen molar-refractivity contribution in [3.8, 4) is 0 Å². The summed E-state index contributed by atoms with van der Waals surface area (Å²) in [5.41, 5.74) is 22.1. The monoisotopic (exact) mass is 677 g/mol. The minimum atomic E-state index is -0.977. The number of amides is 3. The van der Waals surface area contributed by atoms with Crippen LogP contribution in [-0.2, 0) is 9.59 Å². The number of nitrogens with one attached hydrogen (secondary N) is 3. The highest BCUT2D eigenvalue weighted by Crippen LogP contribution is 2.18. The first-order chi connectivity index (χ1) is 23.8. The molecule has 0 radical (unpaired) electrons. The summed E-state index contributed by atoms with van der Waals surface area (Å²) >= 11 is 0. The Balaban J connectivity index is 0.000000248. The van der Waals surface area contributed by atoms with Crippen molar-refractivity contribution >= 4 is 63.5 Å². The maximum Gasteiger partial charge on any atom is 0.335 e. The van der Waals surface area contributed by atoms with E-state index >= 15 is 0 Å². The Morgan fingerprint density at radius 2 is 0.920 bits per heavy atom. The summed E-state index contributed by atoms with van der Waals surface area (Å²) < 4.78 is 0. The van der Waals surface area contributed by atoms with Crippen molar-refractivity contribution < 1.29 is 24.3 Å². The van der Waals surface area contributed by atoms with Gasteiger partial charge in [-0.3, -0.25) is 14.4 Å². The number of carbonyl (C=O) groups excluding carboxylic acids is 3. The maximum atomic E-state index is 12.0. The predicted octanol–water partition coefficient (Wildman–Crippen LogP) is 6.43. The Hall–Kier alpha value is -6.82. The molecule has 5 aromatic rings. The molecule has 5 rings (SSSR count). The van der Waals surface area contributed by atoms with E-state index < -0.39 is 5.97 Å². The molecule has 0 spiro atoms. The van der Waals surface area contributed by atoms with Gasteiger partial charge in [-0.1, -0.05) is 42.5 Å². The molecule has 0 aromatic heterocycles. The number of carbonyl (C=O) groups is 4. The normalized spacial score (nSPS) is 9.44. The number of anilines is 7. The predicted molar refractivity (Wildman–Crippen MR) is 203 cm³/mol. The lowest BCUT2D eigenvalue weighted by atomic mass is 10.2. The van der Waals surface area contributed by atoms with Crippen molar-refractivity contribution in [2.45, 2.75) is 13.8 Å². The van der Waals surface area contributed by atoms with E-state index in [1.165, 1.54) is 31.7 Å². The molecule has 10 N–H and O–H groups in total. The molecule has 0 saturated carbocycles. The third-order valence-electron chi connectivity index (χ3n) is 6.40. The van der Waals surface area contributed by atoms with Crippen LogP contribution in [-0.4, -0.2) is 42.9 Å². The van der Waals surface area contributed by atoms with Gasteiger partial charge in [0.05, 0.1) is 28.3 Å². The van der Waals surface area contributed by atoms with E-state index in [2.05, 4.69) is 33.0 Å². The summed E-state index contributed by atoms with van der Waals surface area (Å²) in [6.45, 7) is 2.82. The molecule has 260 valence electrons. The first kappa shape index (κ1) is 39.4. The molecule has 50 heavy (non-hydrogen) atoms. The van der Waals surface area contributed by atoms with Crippen LogP contribution in [0.4, 0.5) is 39.8 Å². The molecule has 0 fully saturated rings. The second-order valence-corrected chi connectivity index (χ2v) is 10.7. The van der Waals surface area contributed by atoms with Crippen LogP contribution in [0.3, 0.4) is 0 Å². The van der Waals surface area contributed by atoms with Gasteiger partial charge in [-0.2, -0.15) is 0 Å².